The molecule has 0 spiro atoms. The molecule has 3 N–H and O–H groups in total. The summed E-state index contributed by atoms with van der Waals surface area (Å²) in [6.45, 7) is 3.76. The normalized spacial score (nSPS) is 22.6. The number of anilines is 1. The number of rotatable bonds is 5. The minimum Gasteiger partial charge on any atom is -0.481 e. The lowest BCUT2D eigenvalue weighted by molar-refractivity contribution is -0.138. The maximum atomic E-state index is 11.7. The Morgan fingerprint density at radius 1 is 1.36 bits per heavy atom. The molecule has 1 aromatic rings. The van der Waals surface area contributed by atoms with Crippen molar-refractivity contribution in [3.63, 3.8) is 0 Å². The Morgan fingerprint density at radius 3 is 2.88 bits per heavy atom. The van der Waals surface area contributed by atoms with Crippen molar-refractivity contribution in [3.05, 3.63) is 29.8 Å². The van der Waals surface area contributed by atoms with E-state index in [0.29, 0.717) is 5.17 Å². The molecule has 9 heteroatoms. The predicted octanol–water partition coefficient (Wildman–Crippen LogP) is 0.492. The number of nitrogens with one attached hydrogen (secondary N) is 2. The molecule has 1 amide bonds. The van der Waals surface area contributed by atoms with Gasteiger partial charge in [-0.2, -0.15) is 5.10 Å². The van der Waals surface area contributed by atoms with E-state index in [1.807, 2.05) is 18.2 Å². The molecule has 0 aliphatic carbocycles. The number of carboxylic acids is 1. The minimum atomic E-state index is -1.01. The SMILES string of the molecule is O=C(O)CC1SC(=NN=Cc2ccccc2N2CCNCC2)NC1=O. The summed E-state index contributed by atoms with van der Waals surface area (Å²) in [6.07, 6.45) is 1.42. The lowest BCUT2D eigenvalue weighted by Crippen LogP contribution is -2.43. The van der Waals surface area contributed by atoms with Crippen LogP contribution in [0.2, 0.25) is 0 Å². The molecule has 2 aliphatic rings. The van der Waals surface area contributed by atoms with Crippen LogP contribution in [0, 0.1) is 0 Å². The van der Waals surface area contributed by atoms with Crippen molar-refractivity contribution in [1.29, 1.82) is 0 Å². The van der Waals surface area contributed by atoms with Crippen LogP contribution < -0.4 is 15.5 Å². The van der Waals surface area contributed by atoms with Gasteiger partial charge in [-0.1, -0.05) is 30.0 Å². The lowest BCUT2D eigenvalue weighted by atomic mass is 10.1. The number of piperazine rings is 1. The van der Waals surface area contributed by atoms with Gasteiger partial charge in [0.1, 0.15) is 5.25 Å². The Bertz CT molecular complexity index is 715. The molecule has 1 unspecified atom stereocenters. The van der Waals surface area contributed by atoms with Crippen molar-refractivity contribution in [2.24, 2.45) is 10.2 Å². The molecule has 2 fully saturated rings. The van der Waals surface area contributed by atoms with Crippen molar-refractivity contribution in [2.75, 3.05) is 31.1 Å². The highest BCUT2D eigenvalue weighted by Crippen LogP contribution is 2.23. The maximum Gasteiger partial charge on any atom is 0.305 e. The third-order valence-electron chi connectivity index (χ3n) is 3.88. The van der Waals surface area contributed by atoms with E-state index in [1.165, 1.54) is 0 Å². The van der Waals surface area contributed by atoms with Crippen LogP contribution in [0.25, 0.3) is 0 Å². The van der Waals surface area contributed by atoms with E-state index in [1.54, 1.807) is 6.21 Å². The number of amides is 1. The fraction of sp³-hybridized carbons (Fsp3) is 0.375. The number of benzene rings is 1. The van der Waals surface area contributed by atoms with Crippen LogP contribution in [-0.4, -0.2) is 59.8 Å². The summed E-state index contributed by atoms with van der Waals surface area (Å²) in [4.78, 5) is 24.7. The number of para-hydroxylation sites is 1. The molecule has 2 heterocycles. The number of carboxylic acid groups (broad SMARTS) is 1. The van der Waals surface area contributed by atoms with Gasteiger partial charge in [0, 0.05) is 37.4 Å². The molecular formula is C16H19N5O3S. The maximum absolute atomic E-state index is 11.7. The van der Waals surface area contributed by atoms with Crippen molar-refractivity contribution in [2.45, 2.75) is 11.7 Å². The van der Waals surface area contributed by atoms with Gasteiger partial charge in [0.05, 0.1) is 12.6 Å². The number of amidine groups is 1. The summed E-state index contributed by atoms with van der Waals surface area (Å²) in [7, 11) is 0. The Morgan fingerprint density at radius 2 is 2.12 bits per heavy atom. The Balaban J connectivity index is 1.68. The van der Waals surface area contributed by atoms with E-state index in [0.717, 1.165) is 49.2 Å². The Hall–Kier alpha value is -2.39. The zero-order valence-corrected chi connectivity index (χ0v) is 14.3. The van der Waals surface area contributed by atoms with E-state index in [4.69, 9.17) is 5.11 Å². The summed E-state index contributed by atoms with van der Waals surface area (Å²) < 4.78 is 0. The van der Waals surface area contributed by atoms with Crippen LogP contribution in [0.15, 0.2) is 34.5 Å². The molecule has 0 radical (unpaired) electrons. The highest BCUT2D eigenvalue weighted by molar-refractivity contribution is 8.15. The van der Waals surface area contributed by atoms with Crippen LogP contribution in [-0.2, 0) is 9.59 Å². The summed E-state index contributed by atoms with van der Waals surface area (Å²) in [5.41, 5.74) is 2.05. The first-order chi connectivity index (χ1) is 12.1. The average Bonchev–Trinajstić information content (AvgIpc) is 2.95. The van der Waals surface area contributed by atoms with Gasteiger partial charge in [0.25, 0.3) is 0 Å². The van der Waals surface area contributed by atoms with Crippen LogP contribution in [0.5, 0.6) is 0 Å². The standard InChI is InChI=1S/C16H19N5O3S/c22-14(23)9-13-15(24)19-16(25-13)20-18-10-11-3-1-2-4-12(11)21-7-5-17-6-8-21/h1-4,10,13,17H,5-9H2,(H,22,23)(H,19,20,24). The highest BCUT2D eigenvalue weighted by atomic mass is 32.2. The Kier molecular flexibility index (Phi) is 5.67. The average molecular weight is 361 g/mol. The van der Waals surface area contributed by atoms with Crippen molar-refractivity contribution >= 4 is 40.7 Å². The first-order valence-electron chi connectivity index (χ1n) is 7.98. The minimum absolute atomic E-state index is 0.231. The van der Waals surface area contributed by atoms with Crippen molar-refractivity contribution in [1.82, 2.24) is 10.6 Å². The molecule has 3 rings (SSSR count). The summed E-state index contributed by atoms with van der Waals surface area (Å²) >= 11 is 1.09. The predicted molar refractivity (Wildman–Crippen MR) is 98.3 cm³/mol. The van der Waals surface area contributed by atoms with Crippen LogP contribution in [0.3, 0.4) is 0 Å². The van der Waals surface area contributed by atoms with E-state index in [9.17, 15) is 9.59 Å². The zero-order chi connectivity index (χ0) is 17.6. The number of aliphatic carboxylic acids is 1. The molecule has 2 aliphatic heterocycles. The lowest BCUT2D eigenvalue weighted by Gasteiger charge is -2.30. The quantitative estimate of drug-likeness (QED) is 0.521. The van der Waals surface area contributed by atoms with Gasteiger partial charge >= 0.3 is 5.97 Å². The fourth-order valence-electron chi connectivity index (χ4n) is 2.68. The summed E-state index contributed by atoms with van der Waals surface area (Å²) in [5, 5.41) is 22.4. The third-order valence-corrected chi connectivity index (χ3v) is 4.95. The van der Waals surface area contributed by atoms with Crippen LogP contribution >= 0.6 is 11.8 Å². The smallest absolute Gasteiger partial charge is 0.305 e. The second kappa shape index (κ2) is 8.13. The van der Waals surface area contributed by atoms with E-state index < -0.39 is 11.2 Å². The molecule has 132 valence electrons. The number of thioether (sulfide) groups is 1. The largest absolute Gasteiger partial charge is 0.481 e. The van der Waals surface area contributed by atoms with Gasteiger partial charge in [-0.3, -0.25) is 9.59 Å². The second-order valence-corrected chi connectivity index (χ2v) is 6.83. The van der Waals surface area contributed by atoms with E-state index >= 15 is 0 Å². The summed E-state index contributed by atoms with van der Waals surface area (Å²) in [5.74, 6) is -1.36. The number of carbonyl (C=O) groups excluding carboxylic acids is 1. The number of carbonyl (C=O) groups is 2. The molecule has 1 aromatic carbocycles. The molecule has 0 aromatic heterocycles. The van der Waals surface area contributed by atoms with Gasteiger partial charge in [0.2, 0.25) is 5.91 Å². The molecule has 8 nitrogen and oxygen atoms in total. The first kappa shape index (κ1) is 17.4. The topological polar surface area (TPSA) is 106 Å². The van der Waals surface area contributed by atoms with Crippen LogP contribution in [0.4, 0.5) is 5.69 Å². The van der Waals surface area contributed by atoms with Crippen LogP contribution in [0.1, 0.15) is 12.0 Å². The fourth-order valence-corrected chi connectivity index (χ4v) is 3.59. The first-order valence-corrected chi connectivity index (χ1v) is 8.86. The molecule has 2 saturated heterocycles. The monoisotopic (exact) mass is 361 g/mol. The second-order valence-electron chi connectivity index (χ2n) is 5.64. The Labute approximate surface area is 149 Å². The van der Waals surface area contributed by atoms with Gasteiger partial charge in [0.15, 0.2) is 5.17 Å². The zero-order valence-electron chi connectivity index (χ0n) is 13.5. The molecular weight excluding hydrogens is 342 g/mol. The van der Waals surface area contributed by atoms with E-state index in [-0.39, 0.29) is 12.3 Å². The van der Waals surface area contributed by atoms with Gasteiger partial charge in [-0.15, -0.1) is 5.10 Å². The van der Waals surface area contributed by atoms with Gasteiger partial charge < -0.3 is 20.6 Å². The van der Waals surface area contributed by atoms with Gasteiger partial charge in [-0.25, -0.2) is 0 Å². The molecule has 1 atom stereocenters. The number of hydrogen-bond acceptors (Lipinski definition) is 7. The number of hydrogen-bond donors (Lipinski definition) is 3. The summed E-state index contributed by atoms with van der Waals surface area (Å²) in [6, 6.07) is 7.95. The van der Waals surface area contributed by atoms with Crippen molar-refractivity contribution in [3.8, 4) is 0 Å². The number of nitrogens with zero attached hydrogens (tertiary/aromatic N) is 3. The molecule has 25 heavy (non-hydrogen) atoms. The third kappa shape index (κ3) is 4.58. The van der Waals surface area contributed by atoms with Gasteiger partial charge in [-0.05, 0) is 6.07 Å². The molecule has 0 saturated carbocycles. The highest BCUT2D eigenvalue weighted by Gasteiger charge is 2.32. The molecule has 0 bridgehead atoms. The van der Waals surface area contributed by atoms with Crippen molar-refractivity contribution < 1.29 is 14.7 Å². The van der Waals surface area contributed by atoms with E-state index in [2.05, 4.69) is 31.8 Å².